The maximum absolute atomic E-state index is 11.7. The molecule has 132 valence electrons. The van der Waals surface area contributed by atoms with Crippen LogP contribution in [0.5, 0.6) is 11.5 Å². The van der Waals surface area contributed by atoms with Gasteiger partial charge in [0.15, 0.2) is 0 Å². The van der Waals surface area contributed by atoms with Crippen LogP contribution in [0.1, 0.15) is 11.1 Å². The number of hydrogen-bond acceptors (Lipinski definition) is 5. The van der Waals surface area contributed by atoms with Gasteiger partial charge in [-0.05, 0) is 35.4 Å². The Labute approximate surface area is 153 Å². The van der Waals surface area contributed by atoms with E-state index in [9.17, 15) is 19.2 Å². The summed E-state index contributed by atoms with van der Waals surface area (Å²) in [5.41, 5.74) is 1.86. The molecule has 7 heteroatoms. The van der Waals surface area contributed by atoms with Crippen molar-refractivity contribution in [1.29, 1.82) is 0 Å². The van der Waals surface area contributed by atoms with Crippen molar-refractivity contribution in [2.24, 2.45) is 0 Å². The molecule has 0 aliphatic carbocycles. The number of hydrogen-bond donors (Lipinski definition) is 2. The second-order valence-corrected chi connectivity index (χ2v) is 5.90. The van der Waals surface area contributed by atoms with Gasteiger partial charge in [-0.25, -0.2) is 0 Å². The Morgan fingerprint density at radius 1 is 0.556 bits per heavy atom. The molecule has 0 bridgehead atoms. The number of carbonyl (C=O) groups is 4. The zero-order chi connectivity index (χ0) is 19.0. The third-order valence-electron chi connectivity index (χ3n) is 4.08. The molecule has 0 radical (unpaired) electrons. The van der Waals surface area contributed by atoms with Crippen molar-refractivity contribution in [2.75, 3.05) is 0 Å². The molecule has 0 saturated heterocycles. The van der Waals surface area contributed by atoms with Crippen molar-refractivity contribution in [3.8, 4) is 11.5 Å². The molecule has 0 unspecified atom stereocenters. The second-order valence-electron chi connectivity index (χ2n) is 5.90. The van der Waals surface area contributed by atoms with Crippen LogP contribution in [0.3, 0.4) is 0 Å². The summed E-state index contributed by atoms with van der Waals surface area (Å²) >= 11 is 0. The minimum atomic E-state index is -0.428. The van der Waals surface area contributed by atoms with E-state index in [0.717, 1.165) is 0 Å². The number of rotatable bonds is 4. The average molecular weight is 360 g/mol. The average Bonchev–Trinajstić information content (AvgIpc) is 3.16. The number of benzene rings is 2. The first-order valence-corrected chi connectivity index (χ1v) is 8.02. The van der Waals surface area contributed by atoms with Crippen molar-refractivity contribution in [3.63, 3.8) is 0 Å². The van der Waals surface area contributed by atoms with Gasteiger partial charge in [-0.1, -0.05) is 24.3 Å². The SMILES string of the molecule is O=C1C=C(c2ccc(Oc3ccc(C4=CC(=O)NC4=O)cc3)cc2)C(=O)N1. The molecule has 4 rings (SSSR count). The molecular formula is C20H12N2O5. The van der Waals surface area contributed by atoms with Crippen molar-refractivity contribution >= 4 is 34.8 Å². The smallest absolute Gasteiger partial charge is 0.258 e. The minimum absolute atomic E-state index is 0.313. The maximum Gasteiger partial charge on any atom is 0.258 e. The van der Waals surface area contributed by atoms with Gasteiger partial charge in [-0.2, -0.15) is 0 Å². The molecule has 2 N–H and O–H groups in total. The predicted molar refractivity (Wildman–Crippen MR) is 95.2 cm³/mol. The largest absolute Gasteiger partial charge is 0.457 e. The molecule has 0 spiro atoms. The van der Waals surface area contributed by atoms with Gasteiger partial charge in [0.05, 0.1) is 11.1 Å². The molecule has 2 aliphatic heterocycles. The second kappa shape index (κ2) is 6.38. The summed E-state index contributed by atoms with van der Waals surface area (Å²) in [4.78, 5) is 45.8. The summed E-state index contributed by atoms with van der Waals surface area (Å²) in [7, 11) is 0. The summed E-state index contributed by atoms with van der Waals surface area (Å²) in [6.07, 6.45) is 2.52. The highest BCUT2D eigenvalue weighted by molar-refractivity contribution is 6.34. The van der Waals surface area contributed by atoms with Crippen LogP contribution in [0.25, 0.3) is 11.1 Å². The first kappa shape index (κ1) is 16.5. The maximum atomic E-state index is 11.7. The van der Waals surface area contributed by atoms with E-state index in [4.69, 9.17) is 4.74 Å². The zero-order valence-corrected chi connectivity index (χ0v) is 13.8. The highest BCUT2D eigenvalue weighted by Crippen LogP contribution is 2.27. The fourth-order valence-corrected chi connectivity index (χ4v) is 2.79. The molecule has 2 aromatic carbocycles. The third-order valence-corrected chi connectivity index (χ3v) is 4.08. The van der Waals surface area contributed by atoms with E-state index in [1.54, 1.807) is 48.5 Å². The van der Waals surface area contributed by atoms with Gasteiger partial charge < -0.3 is 4.74 Å². The molecule has 0 atom stereocenters. The lowest BCUT2D eigenvalue weighted by atomic mass is 10.1. The summed E-state index contributed by atoms with van der Waals surface area (Å²) < 4.78 is 5.74. The van der Waals surface area contributed by atoms with Crippen LogP contribution in [0.15, 0.2) is 60.7 Å². The molecule has 2 heterocycles. The van der Waals surface area contributed by atoms with Crippen molar-refractivity contribution in [3.05, 3.63) is 71.8 Å². The number of carbonyl (C=O) groups excluding carboxylic acids is 4. The van der Waals surface area contributed by atoms with Gasteiger partial charge in [0.2, 0.25) is 0 Å². The third kappa shape index (κ3) is 3.25. The van der Waals surface area contributed by atoms with Crippen molar-refractivity contribution in [1.82, 2.24) is 10.6 Å². The van der Waals surface area contributed by atoms with Crippen LogP contribution >= 0.6 is 0 Å². The number of imide groups is 2. The van der Waals surface area contributed by atoms with Gasteiger partial charge in [-0.15, -0.1) is 0 Å². The Hall–Kier alpha value is -4.00. The fourth-order valence-electron chi connectivity index (χ4n) is 2.79. The molecule has 0 aromatic heterocycles. The van der Waals surface area contributed by atoms with E-state index in [0.29, 0.717) is 33.8 Å². The molecule has 7 nitrogen and oxygen atoms in total. The molecule has 0 saturated carbocycles. The lowest BCUT2D eigenvalue weighted by molar-refractivity contribution is -0.124. The minimum Gasteiger partial charge on any atom is -0.457 e. The van der Waals surface area contributed by atoms with E-state index in [1.165, 1.54) is 12.2 Å². The molecule has 0 fully saturated rings. The molecule has 2 aliphatic rings. The van der Waals surface area contributed by atoms with Gasteiger partial charge >= 0.3 is 0 Å². The van der Waals surface area contributed by atoms with E-state index in [2.05, 4.69) is 10.6 Å². The quantitative estimate of drug-likeness (QED) is 0.806. The summed E-state index contributed by atoms with van der Waals surface area (Å²) in [6.45, 7) is 0. The standard InChI is InChI=1S/C20H12N2O5/c23-17-9-15(19(25)21-17)11-1-5-13(6-2-11)27-14-7-3-12(4-8-14)16-10-18(24)22-20(16)26/h1-10H,(H,21,23,25)(H,22,24,26). The number of ether oxygens (including phenoxy) is 1. The Bertz CT molecular complexity index is 961. The molecular weight excluding hydrogens is 348 g/mol. The van der Waals surface area contributed by atoms with Gasteiger partial charge in [0.25, 0.3) is 23.6 Å². The first-order chi connectivity index (χ1) is 13.0. The molecule has 27 heavy (non-hydrogen) atoms. The lowest BCUT2D eigenvalue weighted by Crippen LogP contribution is -2.21. The summed E-state index contributed by atoms with van der Waals surface area (Å²) in [5.74, 6) is -0.609. The van der Waals surface area contributed by atoms with Crippen molar-refractivity contribution < 1.29 is 23.9 Å². The van der Waals surface area contributed by atoms with Gasteiger partial charge in [0.1, 0.15) is 11.5 Å². The zero-order valence-electron chi connectivity index (χ0n) is 13.8. The van der Waals surface area contributed by atoms with E-state index < -0.39 is 23.6 Å². The highest BCUT2D eigenvalue weighted by Gasteiger charge is 2.23. The normalized spacial score (nSPS) is 16.0. The van der Waals surface area contributed by atoms with Crippen LogP contribution in [-0.2, 0) is 19.2 Å². The lowest BCUT2D eigenvalue weighted by Gasteiger charge is -2.08. The Morgan fingerprint density at radius 3 is 1.22 bits per heavy atom. The van der Waals surface area contributed by atoms with Crippen LogP contribution in [-0.4, -0.2) is 23.6 Å². The van der Waals surface area contributed by atoms with Crippen LogP contribution < -0.4 is 15.4 Å². The molecule has 4 amide bonds. The van der Waals surface area contributed by atoms with E-state index in [1.807, 2.05) is 0 Å². The summed E-state index contributed by atoms with van der Waals surface area (Å²) in [6, 6.07) is 13.5. The van der Waals surface area contributed by atoms with Gasteiger partial charge in [0, 0.05) is 12.2 Å². The Morgan fingerprint density at radius 2 is 0.926 bits per heavy atom. The van der Waals surface area contributed by atoms with E-state index in [-0.39, 0.29) is 0 Å². The first-order valence-electron chi connectivity index (χ1n) is 8.02. The number of amides is 4. The Balaban J connectivity index is 1.48. The van der Waals surface area contributed by atoms with Crippen LogP contribution in [0.2, 0.25) is 0 Å². The van der Waals surface area contributed by atoms with Crippen LogP contribution in [0.4, 0.5) is 0 Å². The predicted octanol–water partition coefficient (Wildman–Crippen LogP) is 1.56. The van der Waals surface area contributed by atoms with Crippen molar-refractivity contribution in [2.45, 2.75) is 0 Å². The molecule has 2 aromatic rings. The fraction of sp³-hybridized carbons (Fsp3) is 0. The summed E-state index contributed by atoms with van der Waals surface area (Å²) in [5, 5.41) is 4.40. The van der Waals surface area contributed by atoms with Gasteiger partial charge in [-0.3, -0.25) is 29.8 Å². The number of nitrogens with one attached hydrogen (secondary N) is 2. The Kier molecular flexibility index (Phi) is 3.89. The topological polar surface area (TPSA) is 102 Å². The van der Waals surface area contributed by atoms with Crippen LogP contribution in [0, 0.1) is 0 Å². The highest BCUT2D eigenvalue weighted by atomic mass is 16.5. The van der Waals surface area contributed by atoms with E-state index >= 15 is 0 Å². The monoisotopic (exact) mass is 360 g/mol.